The minimum atomic E-state index is 0.0969. The molecule has 190 valence electrons. The second-order valence-corrected chi connectivity index (χ2v) is 12.4. The van der Waals surface area contributed by atoms with E-state index in [4.69, 9.17) is 16.3 Å². The third-order valence-corrected chi connectivity index (χ3v) is 9.26. The molecule has 4 rings (SSSR count). The molecule has 0 saturated heterocycles. The number of fused-ring (bicyclic) bond motifs is 1. The fourth-order valence-corrected chi connectivity index (χ4v) is 6.73. The Kier molecular flexibility index (Phi) is 10.8. The van der Waals surface area contributed by atoms with Gasteiger partial charge in [0.1, 0.15) is 0 Å². The van der Waals surface area contributed by atoms with Gasteiger partial charge in [-0.2, -0.15) is 0 Å². The summed E-state index contributed by atoms with van der Waals surface area (Å²) in [5.41, 5.74) is 3.63. The Balaban J connectivity index is 1.56. The molecule has 0 aliphatic rings. The first-order valence-corrected chi connectivity index (χ1v) is 14.9. The van der Waals surface area contributed by atoms with Gasteiger partial charge in [0.2, 0.25) is 0 Å². The fourth-order valence-electron chi connectivity index (χ4n) is 4.38. The van der Waals surface area contributed by atoms with Gasteiger partial charge in [-0.25, -0.2) is 0 Å². The summed E-state index contributed by atoms with van der Waals surface area (Å²) < 4.78 is 9.84. The van der Waals surface area contributed by atoms with Gasteiger partial charge >= 0.3 is 0 Å². The molecule has 3 nitrogen and oxygen atoms in total. The fraction of sp³-hybridized carbons (Fsp3) is 0.310. The van der Waals surface area contributed by atoms with Gasteiger partial charge in [-0.3, -0.25) is 4.90 Å². The Hall–Kier alpha value is -1.25. The van der Waals surface area contributed by atoms with Gasteiger partial charge in [-0.1, -0.05) is 76.1 Å². The van der Waals surface area contributed by atoms with E-state index < -0.39 is 0 Å². The normalized spacial score (nSPS) is 12.5. The molecule has 0 saturated carbocycles. The van der Waals surface area contributed by atoms with Crippen LogP contribution in [0.3, 0.4) is 0 Å². The lowest BCUT2D eigenvalue weighted by Gasteiger charge is -2.32. The van der Waals surface area contributed by atoms with Gasteiger partial charge in [0.25, 0.3) is 0 Å². The number of halogens is 3. The number of thiophene rings is 1. The molecular weight excluding hydrogens is 622 g/mol. The molecular formula is C29H30Br2ClNO2S. The number of nitrogens with zero attached hydrogens (tertiary/aromatic N) is 1. The monoisotopic (exact) mass is 649 g/mol. The zero-order valence-electron chi connectivity index (χ0n) is 20.0. The van der Waals surface area contributed by atoms with Gasteiger partial charge in [0.05, 0.1) is 23.0 Å². The third-order valence-electron chi connectivity index (χ3n) is 6.29. The predicted octanol–water partition coefficient (Wildman–Crippen LogP) is 9.00. The summed E-state index contributed by atoms with van der Waals surface area (Å²) >= 11 is 15.5. The Labute approximate surface area is 239 Å². The maximum atomic E-state index is 9.26. The molecule has 1 heterocycles. The summed E-state index contributed by atoms with van der Waals surface area (Å²) in [4.78, 5) is 2.50. The van der Waals surface area contributed by atoms with Crippen molar-refractivity contribution in [2.24, 2.45) is 0 Å². The summed E-state index contributed by atoms with van der Waals surface area (Å²) in [5, 5.41) is 11.1. The van der Waals surface area contributed by atoms with Crippen molar-refractivity contribution >= 4 is 64.9 Å². The third kappa shape index (κ3) is 7.41. The number of rotatable bonds is 13. The number of benzene rings is 3. The topological polar surface area (TPSA) is 32.7 Å². The van der Waals surface area contributed by atoms with Crippen molar-refractivity contribution in [3.05, 3.63) is 103 Å². The smallest absolute Gasteiger partial charge is 0.0766 e. The molecule has 0 spiro atoms. The van der Waals surface area contributed by atoms with E-state index in [0.717, 1.165) is 56.6 Å². The van der Waals surface area contributed by atoms with E-state index in [1.807, 2.05) is 18.2 Å². The van der Waals surface area contributed by atoms with Gasteiger partial charge in [-0.15, -0.1) is 11.3 Å². The van der Waals surface area contributed by atoms with Crippen molar-refractivity contribution in [1.82, 2.24) is 4.90 Å². The second-order valence-electron chi connectivity index (χ2n) is 8.78. The molecule has 36 heavy (non-hydrogen) atoms. The maximum absolute atomic E-state index is 9.26. The molecule has 1 aromatic heterocycles. The van der Waals surface area contributed by atoms with Crippen LogP contribution in [0.15, 0.2) is 81.1 Å². The Morgan fingerprint density at radius 1 is 0.944 bits per heavy atom. The molecule has 0 fully saturated rings. The van der Waals surface area contributed by atoms with Crippen molar-refractivity contribution in [2.75, 3.05) is 19.8 Å². The second kappa shape index (κ2) is 14.1. The number of hydrogen-bond donors (Lipinski definition) is 1. The van der Waals surface area contributed by atoms with Crippen LogP contribution in [0.5, 0.6) is 0 Å². The minimum Gasteiger partial charge on any atom is -0.396 e. The van der Waals surface area contributed by atoms with E-state index in [2.05, 4.69) is 91.4 Å². The molecule has 0 aliphatic heterocycles. The lowest BCUT2D eigenvalue weighted by molar-refractivity contribution is 0.0450. The average molecular weight is 652 g/mol. The van der Waals surface area contributed by atoms with Gasteiger partial charge in [0.15, 0.2) is 0 Å². The Bertz CT molecular complexity index is 1250. The Morgan fingerprint density at radius 2 is 1.72 bits per heavy atom. The number of aliphatic hydroxyl groups is 1. The zero-order chi connectivity index (χ0) is 25.3. The molecule has 0 radical (unpaired) electrons. The van der Waals surface area contributed by atoms with Crippen LogP contribution in [0, 0.1) is 0 Å². The lowest BCUT2D eigenvalue weighted by atomic mass is 10.0. The standard InChI is InChI=1S/C29H30Br2ClNO2S/c30-26-12-6-5-11-22(26)18-33(15-7-2-8-16-34)27(21-9-3-1-4-10-21)20-35-19-25-24-17-23(32)13-14-28(24)36-29(25)31/h1,3-6,9-14,17,27,34H,2,7-8,15-16,18-20H2/t27-/m0/s1. The van der Waals surface area contributed by atoms with E-state index >= 15 is 0 Å². The highest BCUT2D eigenvalue weighted by Crippen LogP contribution is 2.37. The van der Waals surface area contributed by atoms with Crippen LogP contribution in [0.1, 0.15) is 42.0 Å². The molecule has 3 aromatic carbocycles. The van der Waals surface area contributed by atoms with Crippen molar-refractivity contribution in [3.8, 4) is 0 Å². The zero-order valence-corrected chi connectivity index (χ0v) is 24.8. The summed E-state index contributed by atoms with van der Waals surface area (Å²) in [6, 6.07) is 25.1. The van der Waals surface area contributed by atoms with Gasteiger partial charge in [0, 0.05) is 38.3 Å². The Morgan fingerprint density at radius 3 is 2.50 bits per heavy atom. The molecule has 0 amide bonds. The first-order valence-electron chi connectivity index (χ1n) is 12.1. The van der Waals surface area contributed by atoms with Gasteiger partial charge < -0.3 is 9.84 Å². The quantitative estimate of drug-likeness (QED) is 0.147. The predicted molar refractivity (Wildman–Crippen MR) is 159 cm³/mol. The van der Waals surface area contributed by atoms with Crippen LogP contribution >= 0.6 is 54.8 Å². The van der Waals surface area contributed by atoms with Gasteiger partial charge in [-0.05, 0) is 77.1 Å². The van der Waals surface area contributed by atoms with Crippen molar-refractivity contribution in [1.29, 1.82) is 0 Å². The number of hydrogen-bond acceptors (Lipinski definition) is 4. The van der Waals surface area contributed by atoms with E-state index in [0.29, 0.717) is 13.2 Å². The molecule has 0 aliphatic carbocycles. The van der Waals surface area contributed by atoms with Crippen LogP contribution < -0.4 is 0 Å². The molecule has 0 unspecified atom stereocenters. The molecule has 4 aromatic rings. The molecule has 0 bridgehead atoms. The number of ether oxygens (including phenoxy) is 1. The first kappa shape index (κ1) is 27.8. The summed E-state index contributed by atoms with van der Waals surface area (Å²) in [6.45, 7) is 3.05. The van der Waals surface area contributed by atoms with E-state index in [1.165, 1.54) is 15.8 Å². The summed E-state index contributed by atoms with van der Waals surface area (Å²) in [5.74, 6) is 0. The van der Waals surface area contributed by atoms with Crippen molar-refractivity contribution < 1.29 is 9.84 Å². The van der Waals surface area contributed by atoms with Crippen LogP contribution in [-0.2, 0) is 17.9 Å². The highest BCUT2D eigenvalue weighted by molar-refractivity contribution is 9.11. The van der Waals surface area contributed by atoms with E-state index in [1.54, 1.807) is 11.3 Å². The highest BCUT2D eigenvalue weighted by Gasteiger charge is 2.22. The van der Waals surface area contributed by atoms with Crippen molar-refractivity contribution in [3.63, 3.8) is 0 Å². The summed E-state index contributed by atoms with van der Waals surface area (Å²) in [6.07, 6.45) is 2.85. The lowest BCUT2D eigenvalue weighted by Crippen LogP contribution is -2.32. The SMILES string of the molecule is OCCCCCN(Cc1ccccc1Br)[C@@H](COCc1c(Br)sc2ccc(Cl)cc12)c1ccccc1. The molecule has 1 atom stereocenters. The minimum absolute atomic E-state index is 0.0969. The van der Waals surface area contributed by atoms with Crippen LogP contribution in [0.2, 0.25) is 5.02 Å². The average Bonchev–Trinajstić information content (AvgIpc) is 3.19. The summed E-state index contributed by atoms with van der Waals surface area (Å²) in [7, 11) is 0. The maximum Gasteiger partial charge on any atom is 0.0766 e. The first-order chi connectivity index (χ1) is 17.6. The number of unbranched alkanes of at least 4 members (excludes halogenated alkanes) is 2. The molecule has 7 heteroatoms. The van der Waals surface area contributed by atoms with Crippen molar-refractivity contribution in [2.45, 2.75) is 38.5 Å². The number of aliphatic hydroxyl groups excluding tert-OH is 1. The van der Waals surface area contributed by atoms with Crippen LogP contribution in [0.25, 0.3) is 10.1 Å². The largest absolute Gasteiger partial charge is 0.396 e. The highest BCUT2D eigenvalue weighted by atomic mass is 79.9. The van der Waals surface area contributed by atoms with Crippen LogP contribution in [-0.4, -0.2) is 29.8 Å². The van der Waals surface area contributed by atoms with E-state index in [9.17, 15) is 5.11 Å². The van der Waals surface area contributed by atoms with E-state index in [-0.39, 0.29) is 12.6 Å². The molecule has 1 N–H and O–H groups in total. The van der Waals surface area contributed by atoms with Crippen LogP contribution in [0.4, 0.5) is 0 Å².